The predicted octanol–water partition coefficient (Wildman–Crippen LogP) is 4.31. The van der Waals surface area contributed by atoms with E-state index in [1.54, 1.807) is 0 Å². The lowest BCUT2D eigenvalue weighted by atomic mass is 10.1. The molecule has 0 spiro atoms. The van der Waals surface area contributed by atoms with Gasteiger partial charge < -0.3 is 5.32 Å². The van der Waals surface area contributed by atoms with Gasteiger partial charge in [-0.2, -0.15) is 5.26 Å². The Balaban J connectivity index is 2.45. The largest absolute Gasteiger partial charge is 0.384 e. The van der Waals surface area contributed by atoms with E-state index in [4.69, 9.17) is 5.26 Å². The molecule has 0 aliphatic carbocycles. The van der Waals surface area contributed by atoms with Crippen molar-refractivity contribution in [1.29, 1.82) is 5.26 Å². The Morgan fingerprint density at radius 3 is 2.81 bits per heavy atom. The maximum Gasteiger partial charge on any atom is 0.101 e. The number of unbranched alkanes of at least 4 members (excludes halogenated alkanes) is 3. The second kappa shape index (κ2) is 7.29. The Hall–Kier alpha value is -1.01. The van der Waals surface area contributed by atoms with Crippen LogP contribution in [0.2, 0.25) is 0 Å². The van der Waals surface area contributed by atoms with Crippen LogP contribution in [0.5, 0.6) is 0 Å². The summed E-state index contributed by atoms with van der Waals surface area (Å²) in [7, 11) is 0. The first-order valence-corrected chi connectivity index (χ1v) is 6.50. The van der Waals surface area contributed by atoms with Gasteiger partial charge in [-0.3, -0.25) is 0 Å². The predicted molar refractivity (Wildman–Crippen MR) is 71.5 cm³/mol. The van der Waals surface area contributed by atoms with Gasteiger partial charge in [-0.05, 0) is 24.6 Å². The highest BCUT2D eigenvalue weighted by Crippen LogP contribution is 2.20. The number of hydrogen-bond acceptors (Lipinski definition) is 2. The molecule has 16 heavy (non-hydrogen) atoms. The number of hydrogen-bond donors (Lipinski definition) is 1. The van der Waals surface area contributed by atoms with Crippen molar-refractivity contribution in [2.75, 3.05) is 11.9 Å². The van der Waals surface area contributed by atoms with Crippen LogP contribution in [0.3, 0.4) is 0 Å². The highest BCUT2D eigenvalue weighted by molar-refractivity contribution is 9.10. The van der Waals surface area contributed by atoms with Crippen LogP contribution in [-0.2, 0) is 0 Å². The lowest BCUT2D eigenvalue weighted by Gasteiger charge is -2.08. The van der Waals surface area contributed by atoms with Crippen LogP contribution in [0.1, 0.15) is 38.2 Å². The van der Waals surface area contributed by atoms with E-state index in [0.29, 0.717) is 5.56 Å². The molecule has 1 aromatic carbocycles. The van der Waals surface area contributed by atoms with Crippen LogP contribution in [0.15, 0.2) is 22.7 Å². The van der Waals surface area contributed by atoms with E-state index in [1.165, 1.54) is 19.3 Å². The molecule has 2 nitrogen and oxygen atoms in total. The van der Waals surface area contributed by atoms with Gasteiger partial charge in [-0.1, -0.05) is 42.1 Å². The summed E-state index contributed by atoms with van der Waals surface area (Å²) in [6.45, 7) is 3.15. The van der Waals surface area contributed by atoms with E-state index < -0.39 is 0 Å². The first kappa shape index (κ1) is 13.1. The monoisotopic (exact) mass is 280 g/mol. The van der Waals surface area contributed by atoms with Gasteiger partial charge in [-0.15, -0.1) is 0 Å². The van der Waals surface area contributed by atoms with Gasteiger partial charge in [0.15, 0.2) is 0 Å². The average Bonchev–Trinajstić information content (AvgIpc) is 2.30. The van der Waals surface area contributed by atoms with Gasteiger partial charge in [0.2, 0.25) is 0 Å². The van der Waals surface area contributed by atoms with E-state index in [1.807, 2.05) is 18.2 Å². The number of benzene rings is 1. The molecule has 0 heterocycles. The molecular weight excluding hydrogens is 264 g/mol. The summed E-state index contributed by atoms with van der Waals surface area (Å²) in [6, 6.07) is 7.94. The number of nitrogens with one attached hydrogen (secondary N) is 1. The Labute approximate surface area is 106 Å². The molecule has 0 saturated carbocycles. The van der Waals surface area contributed by atoms with Crippen molar-refractivity contribution < 1.29 is 0 Å². The molecule has 3 heteroatoms. The first-order chi connectivity index (χ1) is 7.77. The molecule has 86 valence electrons. The lowest BCUT2D eigenvalue weighted by Crippen LogP contribution is -2.03. The minimum absolute atomic E-state index is 0.699. The molecule has 0 saturated heterocycles. The number of rotatable bonds is 6. The zero-order chi connectivity index (χ0) is 11.8. The lowest BCUT2D eigenvalue weighted by molar-refractivity contribution is 0.685. The van der Waals surface area contributed by atoms with Crippen molar-refractivity contribution in [3.63, 3.8) is 0 Å². The van der Waals surface area contributed by atoms with Gasteiger partial charge in [-0.25, -0.2) is 0 Å². The summed E-state index contributed by atoms with van der Waals surface area (Å²) < 4.78 is 0.945. The van der Waals surface area contributed by atoms with Gasteiger partial charge in [0, 0.05) is 11.0 Å². The Morgan fingerprint density at radius 2 is 2.12 bits per heavy atom. The van der Waals surface area contributed by atoms with Crippen molar-refractivity contribution in [1.82, 2.24) is 0 Å². The second-order valence-electron chi connectivity index (χ2n) is 3.79. The molecule has 1 N–H and O–H groups in total. The smallest absolute Gasteiger partial charge is 0.101 e. The molecule has 0 unspecified atom stereocenters. The van der Waals surface area contributed by atoms with E-state index in [9.17, 15) is 0 Å². The summed E-state index contributed by atoms with van der Waals surface area (Å²) >= 11 is 3.36. The third kappa shape index (κ3) is 4.24. The highest BCUT2D eigenvalue weighted by Gasteiger charge is 2.01. The number of anilines is 1. The number of nitrogens with zero attached hydrogens (tertiary/aromatic N) is 1. The molecule has 0 aliphatic heterocycles. The first-order valence-electron chi connectivity index (χ1n) is 5.71. The molecule has 1 aromatic rings. The quantitative estimate of drug-likeness (QED) is 0.788. The third-order valence-corrected chi connectivity index (χ3v) is 2.94. The van der Waals surface area contributed by atoms with Crippen molar-refractivity contribution in [2.24, 2.45) is 0 Å². The maximum atomic E-state index is 8.97. The minimum atomic E-state index is 0.699. The molecule has 0 fully saturated rings. The van der Waals surface area contributed by atoms with Crippen molar-refractivity contribution in [3.05, 3.63) is 28.2 Å². The Morgan fingerprint density at radius 1 is 1.31 bits per heavy atom. The molecule has 0 bridgehead atoms. The summed E-state index contributed by atoms with van der Waals surface area (Å²) in [6.07, 6.45) is 4.95. The van der Waals surface area contributed by atoms with Crippen LogP contribution >= 0.6 is 15.9 Å². The van der Waals surface area contributed by atoms with Crippen LogP contribution in [0, 0.1) is 11.3 Å². The fraction of sp³-hybridized carbons (Fsp3) is 0.462. The van der Waals surface area contributed by atoms with Crippen molar-refractivity contribution in [2.45, 2.75) is 32.6 Å². The van der Waals surface area contributed by atoms with Gasteiger partial charge in [0.25, 0.3) is 0 Å². The summed E-state index contributed by atoms with van der Waals surface area (Å²) in [5.74, 6) is 0. The fourth-order valence-electron chi connectivity index (χ4n) is 1.54. The molecule has 0 aromatic heterocycles. The van der Waals surface area contributed by atoms with E-state index in [-0.39, 0.29) is 0 Å². The zero-order valence-electron chi connectivity index (χ0n) is 9.59. The standard InChI is InChI=1S/C13H17BrN2/c1-2-3-4-5-8-16-13-7-6-12(14)9-11(13)10-15/h6-7,9,16H,2-5,8H2,1H3. The number of nitriles is 1. The average molecular weight is 281 g/mol. The highest BCUT2D eigenvalue weighted by atomic mass is 79.9. The third-order valence-electron chi connectivity index (χ3n) is 2.45. The molecule has 0 amide bonds. The summed E-state index contributed by atoms with van der Waals surface area (Å²) in [4.78, 5) is 0. The van der Waals surface area contributed by atoms with E-state index in [2.05, 4.69) is 34.2 Å². The molecular formula is C13H17BrN2. The Kier molecular flexibility index (Phi) is 5.95. The van der Waals surface area contributed by atoms with E-state index in [0.717, 1.165) is 23.1 Å². The SMILES string of the molecule is CCCCCCNc1ccc(Br)cc1C#N. The summed E-state index contributed by atoms with van der Waals surface area (Å²) in [5.41, 5.74) is 1.63. The van der Waals surface area contributed by atoms with Crippen molar-refractivity contribution >= 4 is 21.6 Å². The van der Waals surface area contributed by atoms with Gasteiger partial charge >= 0.3 is 0 Å². The topological polar surface area (TPSA) is 35.8 Å². The van der Waals surface area contributed by atoms with Gasteiger partial charge in [0.05, 0.1) is 11.3 Å². The molecule has 0 radical (unpaired) electrons. The minimum Gasteiger partial charge on any atom is -0.384 e. The number of halogens is 1. The van der Waals surface area contributed by atoms with Crippen LogP contribution in [0.25, 0.3) is 0 Å². The van der Waals surface area contributed by atoms with Gasteiger partial charge in [0.1, 0.15) is 6.07 Å². The van der Waals surface area contributed by atoms with Crippen LogP contribution < -0.4 is 5.32 Å². The zero-order valence-corrected chi connectivity index (χ0v) is 11.2. The molecule has 0 aliphatic rings. The van der Waals surface area contributed by atoms with Crippen LogP contribution in [0.4, 0.5) is 5.69 Å². The van der Waals surface area contributed by atoms with E-state index >= 15 is 0 Å². The normalized spacial score (nSPS) is 9.81. The second-order valence-corrected chi connectivity index (χ2v) is 4.70. The molecule has 0 atom stereocenters. The Bertz CT molecular complexity index is 369. The van der Waals surface area contributed by atoms with Crippen LogP contribution in [-0.4, -0.2) is 6.54 Å². The fourth-order valence-corrected chi connectivity index (χ4v) is 1.90. The molecule has 1 rings (SSSR count). The van der Waals surface area contributed by atoms with Crippen molar-refractivity contribution in [3.8, 4) is 6.07 Å². The maximum absolute atomic E-state index is 8.97. The summed E-state index contributed by atoms with van der Waals surface area (Å²) in [5, 5.41) is 12.3.